The van der Waals surface area contributed by atoms with Gasteiger partial charge in [-0.15, -0.1) is 11.3 Å². The second-order valence-electron chi connectivity index (χ2n) is 3.77. The Labute approximate surface area is 115 Å². The van der Waals surface area contributed by atoms with Gasteiger partial charge in [-0.2, -0.15) is 13.2 Å². The Hall–Kier alpha value is -1.40. The van der Waals surface area contributed by atoms with Crippen molar-refractivity contribution in [3.05, 3.63) is 39.9 Å². The van der Waals surface area contributed by atoms with Gasteiger partial charge < -0.3 is 0 Å². The molecule has 0 saturated carbocycles. The molecule has 0 bridgehead atoms. The van der Waals surface area contributed by atoms with Crippen molar-refractivity contribution in [1.82, 2.24) is 4.98 Å². The van der Waals surface area contributed by atoms with Crippen LogP contribution in [-0.4, -0.2) is 10.8 Å². The van der Waals surface area contributed by atoms with Crippen LogP contribution in [-0.2, 0) is 6.18 Å². The molecule has 19 heavy (non-hydrogen) atoms. The number of carbonyl (C=O) groups excluding carboxylic acids is 1. The van der Waals surface area contributed by atoms with Crippen molar-refractivity contribution in [3.8, 4) is 10.6 Å². The minimum Gasteiger partial charge on any atom is -0.293 e. The molecule has 0 atom stereocenters. The van der Waals surface area contributed by atoms with Gasteiger partial charge in [0, 0.05) is 12.5 Å². The molecule has 2 aromatic rings. The van der Waals surface area contributed by atoms with Crippen molar-refractivity contribution in [2.24, 2.45) is 0 Å². The van der Waals surface area contributed by atoms with Gasteiger partial charge in [0.25, 0.3) is 0 Å². The van der Waals surface area contributed by atoms with Crippen LogP contribution in [0, 0.1) is 0 Å². The third kappa shape index (κ3) is 2.96. The van der Waals surface area contributed by atoms with Gasteiger partial charge in [0.1, 0.15) is 9.88 Å². The fourth-order valence-electron chi connectivity index (χ4n) is 1.44. The zero-order valence-electron chi connectivity index (χ0n) is 9.58. The van der Waals surface area contributed by atoms with E-state index in [-0.39, 0.29) is 10.9 Å². The monoisotopic (exact) mass is 305 g/mol. The fourth-order valence-corrected chi connectivity index (χ4v) is 2.69. The summed E-state index contributed by atoms with van der Waals surface area (Å²) in [5.74, 6) is -0.222. The SMILES string of the molecule is CC(=O)c1sc(-c2ccc(C(F)(F)F)cc2)nc1Cl. The molecule has 0 spiro atoms. The Morgan fingerprint density at radius 1 is 1.26 bits per heavy atom. The Kier molecular flexibility index (Phi) is 3.64. The molecule has 100 valence electrons. The van der Waals surface area contributed by atoms with Gasteiger partial charge in [-0.25, -0.2) is 4.98 Å². The molecule has 1 aromatic carbocycles. The molecule has 0 amide bonds. The van der Waals surface area contributed by atoms with E-state index in [1.54, 1.807) is 0 Å². The number of benzene rings is 1. The highest BCUT2D eigenvalue weighted by Crippen LogP contribution is 2.34. The van der Waals surface area contributed by atoms with E-state index < -0.39 is 11.7 Å². The lowest BCUT2D eigenvalue weighted by Gasteiger charge is -2.06. The number of Topliss-reactive ketones (excluding diaryl/α,β-unsaturated/α-hetero) is 1. The molecule has 0 aliphatic heterocycles. The van der Waals surface area contributed by atoms with Crippen LogP contribution in [0.5, 0.6) is 0 Å². The van der Waals surface area contributed by atoms with Crippen LogP contribution in [0.15, 0.2) is 24.3 Å². The predicted octanol–water partition coefficient (Wildman–Crippen LogP) is 4.68. The highest BCUT2D eigenvalue weighted by molar-refractivity contribution is 7.17. The van der Waals surface area contributed by atoms with Gasteiger partial charge in [0.05, 0.1) is 5.56 Å². The van der Waals surface area contributed by atoms with Crippen LogP contribution in [0.4, 0.5) is 13.2 Å². The van der Waals surface area contributed by atoms with Gasteiger partial charge in [-0.3, -0.25) is 4.79 Å². The van der Waals surface area contributed by atoms with E-state index in [1.807, 2.05) is 0 Å². The first-order valence-corrected chi connectivity index (χ1v) is 6.33. The molecule has 2 rings (SSSR count). The molecular weight excluding hydrogens is 299 g/mol. The van der Waals surface area contributed by atoms with Crippen LogP contribution in [0.2, 0.25) is 5.15 Å². The minimum absolute atomic E-state index is 0.0763. The van der Waals surface area contributed by atoms with E-state index >= 15 is 0 Å². The molecule has 0 aliphatic carbocycles. The lowest BCUT2D eigenvalue weighted by atomic mass is 10.1. The summed E-state index contributed by atoms with van der Waals surface area (Å²) in [4.78, 5) is 15.5. The van der Waals surface area contributed by atoms with Crippen LogP contribution < -0.4 is 0 Å². The van der Waals surface area contributed by atoms with Gasteiger partial charge in [0.15, 0.2) is 10.9 Å². The Morgan fingerprint density at radius 3 is 2.26 bits per heavy atom. The Balaban J connectivity index is 2.38. The number of ketones is 1. The largest absolute Gasteiger partial charge is 0.416 e. The molecule has 0 aliphatic rings. The maximum Gasteiger partial charge on any atom is 0.416 e. The summed E-state index contributed by atoms with van der Waals surface area (Å²) in [6.45, 7) is 1.36. The third-order valence-electron chi connectivity index (χ3n) is 2.36. The standard InChI is InChI=1S/C12H7ClF3NOS/c1-6(18)9-10(13)17-11(19-9)7-2-4-8(5-3-7)12(14,15)16/h2-5H,1H3. The lowest BCUT2D eigenvalue weighted by molar-refractivity contribution is -0.137. The Bertz CT molecular complexity index is 619. The number of nitrogens with zero attached hydrogens (tertiary/aromatic N) is 1. The summed E-state index contributed by atoms with van der Waals surface area (Å²) in [7, 11) is 0. The number of hydrogen-bond acceptors (Lipinski definition) is 3. The van der Waals surface area contributed by atoms with Crippen molar-refractivity contribution in [2.45, 2.75) is 13.1 Å². The maximum atomic E-state index is 12.4. The average Bonchev–Trinajstić information content (AvgIpc) is 2.70. The summed E-state index contributed by atoms with van der Waals surface area (Å²) in [5.41, 5.74) is -0.238. The molecule has 1 heterocycles. The molecule has 0 radical (unpaired) electrons. The number of alkyl halides is 3. The summed E-state index contributed by atoms with van der Waals surface area (Å²) < 4.78 is 37.3. The van der Waals surface area contributed by atoms with E-state index in [1.165, 1.54) is 19.1 Å². The number of rotatable bonds is 2. The highest BCUT2D eigenvalue weighted by atomic mass is 35.5. The minimum atomic E-state index is -4.37. The molecule has 0 N–H and O–H groups in total. The van der Waals surface area contributed by atoms with Crippen molar-refractivity contribution >= 4 is 28.7 Å². The summed E-state index contributed by atoms with van der Waals surface area (Å²) in [6, 6.07) is 4.56. The quantitative estimate of drug-likeness (QED) is 0.754. The second kappa shape index (κ2) is 4.94. The van der Waals surface area contributed by atoms with Crippen LogP contribution in [0.1, 0.15) is 22.2 Å². The topological polar surface area (TPSA) is 30.0 Å². The lowest BCUT2D eigenvalue weighted by Crippen LogP contribution is -2.03. The average molecular weight is 306 g/mol. The number of carbonyl (C=O) groups is 1. The van der Waals surface area contributed by atoms with E-state index in [0.717, 1.165) is 23.5 Å². The normalized spacial score (nSPS) is 11.6. The van der Waals surface area contributed by atoms with E-state index in [4.69, 9.17) is 11.6 Å². The van der Waals surface area contributed by atoms with Crippen LogP contribution >= 0.6 is 22.9 Å². The van der Waals surface area contributed by atoms with E-state index in [2.05, 4.69) is 4.98 Å². The number of thiazole rings is 1. The molecule has 0 saturated heterocycles. The van der Waals surface area contributed by atoms with Gasteiger partial charge >= 0.3 is 6.18 Å². The molecular formula is C12H7ClF3NOS. The zero-order valence-corrected chi connectivity index (χ0v) is 11.2. The van der Waals surface area contributed by atoms with Crippen molar-refractivity contribution in [1.29, 1.82) is 0 Å². The number of hydrogen-bond donors (Lipinski definition) is 0. The number of aromatic nitrogens is 1. The van der Waals surface area contributed by atoms with Gasteiger partial charge in [-0.1, -0.05) is 23.7 Å². The second-order valence-corrected chi connectivity index (χ2v) is 5.13. The van der Waals surface area contributed by atoms with Gasteiger partial charge in [0.2, 0.25) is 0 Å². The van der Waals surface area contributed by atoms with Gasteiger partial charge in [-0.05, 0) is 12.1 Å². The van der Waals surface area contributed by atoms with Crippen molar-refractivity contribution in [3.63, 3.8) is 0 Å². The number of halogens is 4. The van der Waals surface area contributed by atoms with Crippen LogP contribution in [0.3, 0.4) is 0 Å². The van der Waals surface area contributed by atoms with E-state index in [9.17, 15) is 18.0 Å². The fraction of sp³-hybridized carbons (Fsp3) is 0.167. The molecule has 0 unspecified atom stereocenters. The molecule has 7 heteroatoms. The Morgan fingerprint density at radius 2 is 1.84 bits per heavy atom. The predicted molar refractivity (Wildman–Crippen MR) is 67.6 cm³/mol. The highest BCUT2D eigenvalue weighted by Gasteiger charge is 2.30. The smallest absolute Gasteiger partial charge is 0.293 e. The molecule has 1 aromatic heterocycles. The summed E-state index contributed by atoms with van der Waals surface area (Å²) >= 11 is 6.85. The summed E-state index contributed by atoms with van der Waals surface area (Å²) in [6.07, 6.45) is -4.37. The van der Waals surface area contributed by atoms with Crippen LogP contribution in [0.25, 0.3) is 10.6 Å². The third-order valence-corrected chi connectivity index (χ3v) is 3.96. The van der Waals surface area contributed by atoms with Crippen molar-refractivity contribution in [2.75, 3.05) is 0 Å². The molecule has 0 fully saturated rings. The first kappa shape index (κ1) is 14.0. The van der Waals surface area contributed by atoms with E-state index in [0.29, 0.717) is 15.4 Å². The molecule has 2 nitrogen and oxygen atoms in total. The first-order valence-electron chi connectivity index (χ1n) is 5.14. The zero-order chi connectivity index (χ0) is 14.2. The summed E-state index contributed by atoms with van der Waals surface area (Å²) in [5, 5.41) is 0.497. The first-order chi connectivity index (χ1) is 8.79. The maximum absolute atomic E-state index is 12.4. The van der Waals surface area contributed by atoms with Crippen molar-refractivity contribution < 1.29 is 18.0 Å².